The van der Waals surface area contributed by atoms with Crippen LogP contribution in [-0.4, -0.2) is 39.3 Å². The Morgan fingerprint density at radius 3 is 2.91 bits per heavy atom. The molecule has 5 nitrogen and oxygen atoms in total. The van der Waals surface area contributed by atoms with Crippen LogP contribution >= 0.6 is 0 Å². The number of nitrogens with one attached hydrogen (secondary N) is 2. The van der Waals surface area contributed by atoms with Gasteiger partial charge in [-0.3, -0.25) is 4.79 Å². The zero-order chi connectivity index (χ0) is 16.7. The number of alkyl halides is 2. The van der Waals surface area contributed by atoms with Crippen molar-refractivity contribution in [3.63, 3.8) is 0 Å². The highest BCUT2D eigenvalue weighted by molar-refractivity contribution is 5.94. The number of halogens is 2. The number of methoxy groups -OCH3 is 1. The zero-order valence-electron chi connectivity index (χ0n) is 13.1. The molecule has 23 heavy (non-hydrogen) atoms. The maximum absolute atomic E-state index is 12.4. The van der Waals surface area contributed by atoms with Crippen LogP contribution in [0, 0.1) is 5.92 Å². The molecule has 1 aliphatic rings. The molecule has 0 bridgehead atoms. The molecule has 1 aliphatic heterocycles. The van der Waals surface area contributed by atoms with Crippen LogP contribution in [0.15, 0.2) is 18.2 Å². The van der Waals surface area contributed by atoms with E-state index in [-0.39, 0.29) is 23.0 Å². The van der Waals surface area contributed by atoms with E-state index in [9.17, 15) is 13.6 Å². The molecule has 2 rings (SSSR count). The number of benzene rings is 1. The molecule has 128 valence electrons. The summed E-state index contributed by atoms with van der Waals surface area (Å²) in [5.74, 6) is 0.273. The zero-order valence-corrected chi connectivity index (χ0v) is 13.1. The molecule has 1 aromatic rings. The highest BCUT2D eigenvalue weighted by Gasteiger charge is 2.16. The van der Waals surface area contributed by atoms with Crippen molar-refractivity contribution < 1.29 is 23.0 Å². The van der Waals surface area contributed by atoms with Crippen molar-refractivity contribution in [2.45, 2.75) is 25.9 Å². The largest absolute Gasteiger partial charge is 0.493 e. The first-order valence-corrected chi connectivity index (χ1v) is 7.72. The Bertz CT molecular complexity index is 520. The third kappa shape index (κ3) is 5.35. The van der Waals surface area contributed by atoms with E-state index in [1.165, 1.54) is 25.3 Å². The van der Waals surface area contributed by atoms with Crippen LogP contribution in [-0.2, 0) is 0 Å². The minimum Gasteiger partial charge on any atom is -0.493 e. The summed E-state index contributed by atoms with van der Waals surface area (Å²) in [6.45, 7) is -0.379. The van der Waals surface area contributed by atoms with Gasteiger partial charge in [-0.15, -0.1) is 0 Å². The predicted octanol–water partition coefficient (Wildman–Crippen LogP) is 2.42. The Labute approximate surface area is 134 Å². The Morgan fingerprint density at radius 1 is 1.43 bits per heavy atom. The summed E-state index contributed by atoms with van der Waals surface area (Å²) in [4.78, 5) is 12.1. The fourth-order valence-corrected chi connectivity index (χ4v) is 2.67. The molecule has 1 unspecified atom stereocenters. The summed E-state index contributed by atoms with van der Waals surface area (Å²) in [7, 11) is 1.35. The molecule has 7 heteroatoms. The molecule has 1 fully saturated rings. The third-order valence-electron chi connectivity index (χ3n) is 3.88. The van der Waals surface area contributed by atoms with E-state index < -0.39 is 6.61 Å². The Morgan fingerprint density at radius 2 is 2.26 bits per heavy atom. The maximum atomic E-state index is 12.4. The van der Waals surface area contributed by atoms with E-state index in [1.54, 1.807) is 0 Å². The smallest absolute Gasteiger partial charge is 0.387 e. The number of carbonyl (C=O) groups is 1. The summed E-state index contributed by atoms with van der Waals surface area (Å²) in [5, 5.41) is 6.14. The minimum atomic E-state index is -2.97. The molecule has 0 radical (unpaired) electrons. The van der Waals surface area contributed by atoms with Gasteiger partial charge in [0.15, 0.2) is 11.5 Å². The molecular formula is C16H22F2N2O3. The van der Waals surface area contributed by atoms with Gasteiger partial charge in [0.05, 0.1) is 7.11 Å². The molecular weight excluding hydrogens is 306 g/mol. The molecule has 1 aromatic carbocycles. The Hall–Kier alpha value is -1.89. The first kappa shape index (κ1) is 17.5. The van der Waals surface area contributed by atoms with Crippen molar-refractivity contribution >= 4 is 5.91 Å². The summed E-state index contributed by atoms with van der Waals surface area (Å²) in [5.41, 5.74) is 0.267. The molecule has 0 saturated carbocycles. The number of hydrogen-bond acceptors (Lipinski definition) is 4. The fraction of sp³-hybridized carbons (Fsp3) is 0.562. The normalized spacial score (nSPS) is 17.8. The molecule has 2 N–H and O–H groups in total. The molecule has 1 heterocycles. The quantitative estimate of drug-likeness (QED) is 0.807. The van der Waals surface area contributed by atoms with Crippen molar-refractivity contribution in [3.8, 4) is 11.5 Å². The van der Waals surface area contributed by atoms with Crippen LogP contribution in [0.1, 0.15) is 29.6 Å². The SMILES string of the molecule is COc1ccc(C(=O)NCCC2CCCNC2)cc1OC(F)F. The average molecular weight is 328 g/mol. The van der Waals surface area contributed by atoms with Crippen LogP contribution in [0.25, 0.3) is 0 Å². The standard InChI is InChI=1S/C16H22F2N2O3/c1-22-13-5-4-12(9-14(13)23-16(17)18)15(21)20-8-6-11-3-2-7-19-10-11/h4-5,9,11,16,19H,2-3,6-8,10H2,1H3,(H,20,21). The van der Waals surface area contributed by atoms with Crippen LogP contribution in [0.2, 0.25) is 0 Å². The van der Waals surface area contributed by atoms with Crippen LogP contribution in [0.3, 0.4) is 0 Å². The van der Waals surface area contributed by atoms with Crippen LogP contribution in [0.5, 0.6) is 11.5 Å². The van der Waals surface area contributed by atoms with E-state index in [0.29, 0.717) is 12.5 Å². The van der Waals surface area contributed by atoms with Gasteiger partial charge >= 0.3 is 6.61 Å². The van der Waals surface area contributed by atoms with Gasteiger partial charge in [-0.05, 0) is 56.5 Å². The van der Waals surface area contributed by atoms with E-state index in [0.717, 1.165) is 32.4 Å². The summed E-state index contributed by atoms with van der Waals surface area (Å²) in [6.07, 6.45) is 3.22. The van der Waals surface area contributed by atoms with E-state index in [1.807, 2.05) is 0 Å². The summed E-state index contributed by atoms with van der Waals surface area (Å²) < 4.78 is 34.1. The van der Waals surface area contributed by atoms with Crippen molar-refractivity contribution in [1.29, 1.82) is 0 Å². The molecule has 1 amide bonds. The topological polar surface area (TPSA) is 59.6 Å². The first-order chi connectivity index (χ1) is 11.1. The molecule has 0 aromatic heterocycles. The maximum Gasteiger partial charge on any atom is 0.387 e. The second-order valence-electron chi connectivity index (χ2n) is 5.50. The Kier molecular flexibility index (Phi) is 6.58. The van der Waals surface area contributed by atoms with E-state index in [2.05, 4.69) is 15.4 Å². The number of ether oxygens (including phenoxy) is 2. The van der Waals surface area contributed by atoms with Gasteiger partial charge in [-0.2, -0.15) is 8.78 Å². The van der Waals surface area contributed by atoms with E-state index >= 15 is 0 Å². The molecule has 1 saturated heterocycles. The van der Waals surface area contributed by atoms with Gasteiger partial charge in [-0.25, -0.2) is 0 Å². The lowest BCUT2D eigenvalue weighted by Gasteiger charge is -2.22. The van der Waals surface area contributed by atoms with E-state index in [4.69, 9.17) is 4.74 Å². The highest BCUT2D eigenvalue weighted by Crippen LogP contribution is 2.29. The predicted molar refractivity (Wildman–Crippen MR) is 82.2 cm³/mol. The van der Waals surface area contributed by atoms with Gasteiger partial charge in [0.2, 0.25) is 0 Å². The highest BCUT2D eigenvalue weighted by atomic mass is 19.3. The third-order valence-corrected chi connectivity index (χ3v) is 3.88. The fourth-order valence-electron chi connectivity index (χ4n) is 2.67. The van der Waals surface area contributed by atoms with Gasteiger partial charge in [0.25, 0.3) is 5.91 Å². The van der Waals surface area contributed by atoms with Crippen molar-refractivity contribution in [1.82, 2.24) is 10.6 Å². The number of hydrogen-bond donors (Lipinski definition) is 2. The Balaban J connectivity index is 1.90. The average Bonchev–Trinajstić information content (AvgIpc) is 2.55. The van der Waals surface area contributed by atoms with Gasteiger partial charge in [0.1, 0.15) is 0 Å². The van der Waals surface area contributed by atoms with Crippen molar-refractivity contribution in [2.75, 3.05) is 26.7 Å². The number of piperidine rings is 1. The monoisotopic (exact) mass is 328 g/mol. The minimum absolute atomic E-state index is 0.147. The molecule has 1 atom stereocenters. The van der Waals surface area contributed by atoms with Gasteiger partial charge in [-0.1, -0.05) is 0 Å². The van der Waals surface area contributed by atoms with Crippen molar-refractivity contribution in [2.24, 2.45) is 5.92 Å². The number of rotatable bonds is 7. The summed E-state index contributed by atoms with van der Waals surface area (Å²) in [6, 6.07) is 4.23. The van der Waals surface area contributed by atoms with Crippen LogP contribution in [0.4, 0.5) is 8.78 Å². The molecule has 0 spiro atoms. The summed E-state index contributed by atoms with van der Waals surface area (Å²) >= 11 is 0. The van der Waals surface area contributed by atoms with Gasteiger partial charge < -0.3 is 20.1 Å². The lowest BCUT2D eigenvalue weighted by molar-refractivity contribution is -0.0512. The van der Waals surface area contributed by atoms with Gasteiger partial charge in [0, 0.05) is 12.1 Å². The van der Waals surface area contributed by atoms with Crippen LogP contribution < -0.4 is 20.1 Å². The lowest BCUT2D eigenvalue weighted by Crippen LogP contribution is -2.33. The first-order valence-electron chi connectivity index (χ1n) is 7.72. The molecule has 0 aliphatic carbocycles. The number of carbonyl (C=O) groups excluding carboxylic acids is 1. The lowest BCUT2D eigenvalue weighted by atomic mass is 9.96. The second kappa shape index (κ2) is 8.67. The second-order valence-corrected chi connectivity index (χ2v) is 5.50. The number of amides is 1. The van der Waals surface area contributed by atoms with Crippen molar-refractivity contribution in [3.05, 3.63) is 23.8 Å².